The van der Waals surface area contributed by atoms with Gasteiger partial charge < -0.3 is 4.57 Å². The first-order valence-corrected chi connectivity index (χ1v) is 16.7. The molecule has 0 radical (unpaired) electrons. The van der Waals surface area contributed by atoms with E-state index in [0.29, 0.717) is 5.82 Å². The summed E-state index contributed by atoms with van der Waals surface area (Å²) < 4.78 is 2.44. The van der Waals surface area contributed by atoms with Crippen LogP contribution in [0.15, 0.2) is 164 Å². The predicted octanol–water partition coefficient (Wildman–Crippen LogP) is 11.1. The lowest BCUT2D eigenvalue weighted by Crippen LogP contribution is -2.04. The molecule has 0 N–H and O–H groups in total. The Bertz CT molecular complexity index is 2460. The molecule has 9 rings (SSSR count). The van der Waals surface area contributed by atoms with E-state index in [1.54, 1.807) is 0 Å². The fourth-order valence-electron chi connectivity index (χ4n) is 6.98. The van der Waals surface area contributed by atoms with E-state index in [2.05, 4.69) is 137 Å². The molecule has 0 bridgehead atoms. The third-order valence-electron chi connectivity index (χ3n) is 9.36. The van der Waals surface area contributed by atoms with E-state index in [4.69, 9.17) is 9.97 Å². The van der Waals surface area contributed by atoms with Crippen LogP contribution in [0, 0.1) is 0 Å². The highest BCUT2D eigenvalue weighted by molar-refractivity contribution is 5.94. The monoisotopic (exact) mass is 628 g/mol. The van der Waals surface area contributed by atoms with E-state index in [9.17, 15) is 0 Å². The average Bonchev–Trinajstić information content (AvgIpc) is 3.53. The number of pyridine rings is 1. The maximum absolute atomic E-state index is 5.22. The van der Waals surface area contributed by atoms with E-state index in [0.717, 1.165) is 57.7 Å². The molecule has 0 aliphatic heterocycles. The number of hydrogen-bond acceptors (Lipinski definition) is 3. The Morgan fingerprint density at radius 3 is 1.94 bits per heavy atom. The number of allylic oxidation sites excluding steroid dienone is 1. The molecule has 0 unspecified atom stereocenters. The van der Waals surface area contributed by atoms with E-state index < -0.39 is 0 Å². The molecule has 3 heterocycles. The van der Waals surface area contributed by atoms with Crippen LogP contribution < -0.4 is 0 Å². The Kier molecular flexibility index (Phi) is 7.25. The molecule has 0 saturated carbocycles. The summed E-state index contributed by atoms with van der Waals surface area (Å²) in [6.45, 7) is 0. The van der Waals surface area contributed by atoms with Crippen LogP contribution in [0.1, 0.15) is 17.7 Å². The van der Waals surface area contributed by atoms with Crippen molar-refractivity contribution in [2.75, 3.05) is 0 Å². The van der Waals surface area contributed by atoms with Crippen LogP contribution in [0.3, 0.4) is 0 Å². The van der Waals surface area contributed by atoms with Crippen LogP contribution in [0.4, 0.5) is 0 Å². The zero-order valence-electron chi connectivity index (χ0n) is 26.9. The SMILES string of the molecule is C1=Cc2c(n(-c3cc(-c4cccnc4)cc(-c4cc(-c5ccc(-c6ccccc6)cc5)nc(-c5ccccc5)n4)c3)c3ccccc23)CC1. The summed E-state index contributed by atoms with van der Waals surface area (Å²) in [7, 11) is 0. The molecular formula is C45H32N4. The van der Waals surface area contributed by atoms with Gasteiger partial charge in [-0.2, -0.15) is 0 Å². The van der Waals surface area contributed by atoms with Gasteiger partial charge in [0.25, 0.3) is 0 Å². The van der Waals surface area contributed by atoms with Crippen molar-refractivity contribution in [1.82, 2.24) is 19.5 Å². The van der Waals surface area contributed by atoms with Crippen molar-refractivity contribution in [1.29, 1.82) is 0 Å². The Balaban J connectivity index is 1.26. The second-order valence-electron chi connectivity index (χ2n) is 12.4. The van der Waals surface area contributed by atoms with E-state index in [-0.39, 0.29) is 0 Å². The lowest BCUT2D eigenvalue weighted by atomic mass is 9.99. The van der Waals surface area contributed by atoms with Gasteiger partial charge in [0.1, 0.15) is 0 Å². The van der Waals surface area contributed by atoms with E-state index in [1.807, 2.05) is 42.7 Å². The lowest BCUT2D eigenvalue weighted by molar-refractivity contribution is 0.889. The molecule has 232 valence electrons. The van der Waals surface area contributed by atoms with Gasteiger partial charge in [0.15, 0.2) is 5.82 Å². The summed E-state index contributed by atoms with van der Waals surface area (Å²) in [4.78, 5) is 14.8. The van der Waals surface area contributed by atoms with Gasteiger partial charge in [-0.05, 0) is 65.9 Å². The normalized spacial score (nSPS) is 12.2. The summed E-state index contributed by atoms with van der Waals surface area (Å²) in [5, 5.41) is 1.27. The van der Waals surface area contributed by atoms with Gasteiger partial charge in [0.05, 0.1) is 16.9 Å². The fourth-order valence-corrected chi connectivity index (χ4v) is 6.98. The molecule has 4 heteroatoms. The minimum Gasteiger partial charge on any atom is -0.313 e. The first kappa shape index (κ1) is 28.8. The van der Waals surface area contributed by atoms with E-state index in [1.165, 1.54) is 33.3 Å². The van der Waals surface area contributed by atoms with Crippen molar-refractivity contribution in [2.45, 2.75) is 12.8 Å². The first-order valence-electron chi connectivity index (χ1n) is 16.7. The van der Waals surface area contributed by atoms with Crippen molar-refractivity contribution in [3.63, 3.8) is 0 Å². The molecule has 1 aliphatic rings. The topological polar surface area (TPSA) is 43.6 Å². The largest absolute Gasteiger partial charge is 0.313 e. The second kappa shape index (κ2) is 12.3. The van der Waals surface area contributed by atoms with Crippen molar-refractivity contribution in [2.24, 2.45) is 0 Å². The summed E-state index contributed by atoms with van der Waals surface area (Å²) >= 11 is 0. The van der Waals surface area contributed by atoms with Gasteiger partial charge in [-0.15, -0.1) is 0 Å². The molecule has 8 aromatic rings. The maximum Gasteiger partial charge on any atom is 0.160 e. The molecular weight excluding hydrogens is 597 g/mol. The summed E-state index contributed by atoms with van der Waals surface area (Å²) in [5.74, 6) is 0.697. The average molecular weight is 629 g/mol. The van der Waals surface area contributed by atoms with Crippen LogP contribution in [0.5, 0.6) is 0 Å². The molecule has 1 aliphatic carbocycles. The van der Waals surface area contributed by atoms with Crippen LogP contribution in [0.25, 0.3) is 78.8 Å². The molecule has 0 atom stereocenters. The Hall–Kier alpha value is -6.39. The smallest absolute Gasteiger partial charge is 0.160 e. The molecule has 3 aromatic heterocycles. The van der Waals surface area contributed by atoms with Gasteiger partial charge in [-0.1, -0.05) is 121 Å². The van der Waals surface area contributed by atoms with Crippen LogP contribution in [-0.4, -0.2) is 19.5 Å². The highest BCUT2D eigenvalue weighted by atomic mass is 15.0. The Morgan fingerprint density at radius 2 is 1.16 bits per heavy atom. The number of rotatable bonds is 6. The third-order valence-corrected chi connectivity index (χ3v) is 9.36. The molecule has 0 spiro atoms. The zero-order valence-corrected chi connectivity index (χ0v) is 26.9. The number of aromatic nitrogens is 4. The minimum absolute atomic E-state index is 0.697. The molecule has 0 saturated heterocycles. The van der Waals surface area contributed by atoms with Gasteiger partial charge in [0.2, 0.25) is 0 Å². The van der Waals surface area contributed by atoms with E-state index >= 15 is 0 Å². The van der Waals surface area contributed by atoms with Crippen LogP contribution >= 0.6 is 0 Å². The second-order valence-corrected chi connectivity index (χ2v) is 12.4. The molecule has 0 fully saturated rings. The van der Waals surface area contributed by atoms with Crippen LogP contribution in [-0.2, 0) is 6.42 Å². The third kappa shape index (κ3) is 5.43. The number of fused-ring (bicyclic) bond motifs is 3. The molecule has 49 heavy (non-hydrogen) atoms. The fraction of sp³-hybridized carbons (Fsp3) is 0.0444. The minimum atomic E-state index is 0.697. The number of para-hydroxylation sites is 1. The highest BCUT2D eigenvalue weighted by Gasteiger charge is 2.20. The summed E-state index contributed by atoms with van der Waals surface area (Å²) in [5.41, 5.74) is 14.3. The van der Waals surface area contributed by atoms with Crippen LogP contribution in [0.2, 0.25) is 0 Å². The first-order chi connectivity index (χ1) is 24.3. The Morgan fingerprint density at radius 1 is 0.510 bits per heavy atom. The number of hydrogen-bond donors (Lipinski definition) is 0. The predicted molar refractivity (Wildman–Crippen MR) is 201 cm³/mol. The van der Waals surface area contributed by atoms with Crippen molar-refractivity contribution >= 4 is 17.0 Å². The van der Waals surface area contributed by atoms with Crippen molar-refractivity contribution < 1.29 is 0 Å². The van der Waals surface area contributed by atoms with Gasteiger partial charge in [-0.3, -0.25) is 4.98 Å². The molecule has 4 nitrogen and oxygen atoms in total. The molecule has 5 aromatic carbocycles. The Labute approximate surface area is 285 Å². The standard InChI is InChI=1S/C45H32N4/c1-3-12-31(13-4-1)32-21-23-33(24-22-32)41-29-42(48-45(47-41)34-14-5-2-6-15-34)37-26-36(35-16-11-25-46-30-35)27-38(28-37)49-43-19-9-7-17-39(43)40-18-8-10-20-44(40)49/h1-9,11-19,21-30H,10,20H2. The summed E-state index contributed by atoms with van der Waals surface area (Å²) in [6.07, 6.45) is 10.3. The lowest BCUT2D eigenvalue weighted by Gasteiger charge is -2.17. The quantitative estimate of drug-likeness (QED) is 0.184. The van der Waals surface area contributed by atoms with Gasteiger partial charge >= 0.3 is 0 Å². The number of nitrogens with zero attached hydrogens (tertiary/aromatic N) is 4. The van der Waals surface area contributed by atoms with Gasteiger partial charge in [0, 0.05) is 57.0 Å². The summed E-state index contributed by atoms with van der Waals surface area (Å²) in [6, 6.07) is 51.1. The highest BCUT2D eigenvalue weighted by Crippen LogP contribution is 2.38. The van der Waals surface area contributed by atoms with Crippen molar-refractivity contribution in [3.05, 3.63) is 175 Å². The number of benzene rings is 5. The zero-order chi connectivity index (χ0) is 32.6. The molecule has 0 amide bonds. The van der Waals surface area contributed by atoms with Gasteiger partial charge in [-0.25, -0.2) is 9.97 Å². The maximum atomic E-state index is 5.22. The van der Waals surface area contributed by atoms with Crippen molar-refractivity contribution in [3.8, 4) is 61.8 Å².